The van der Waals surface area contributed by atoms with Crippen molar-refractivity contribution in [3.63, 3.8) is 0 Å². The third-order valence-corrected chi connectivity index (χ3v) is 5.52. The highest BCUT2D eigenvalue weighted by Gasteiger charge is 2.34. The molecule has 0 aromatic heterocycles. The Kier molecular flexibility index (Phi) is 9.38. The lowest BCUT2D eigenvalue weighted by Crippen LogP contribution is -2.33. The Morgan fingerprint density at radius 3 is 2.00 bits per heavy atom. The highest BCUT2D eigenvalue weighted by molar-refractivity contribution is 6.21. The Morgan fingerprint density at radius 2 is 1.45 bits per heavy atom. The van der Waals surface area contributed by atoms with Crippen LogP contribution in [0.2, 0.25) is 0 Å². The number of imide groups is 1. The van der Waals surface area contributed by atoms with Crippen LogP contribution in [-0.4, -0.2) is 112 Å². The number of benzene rings is 1. The van der Waals surface area contributed by atoms with Gasteiger partial charge in [-0.05, 0) is 25.6 Å². The summed E-state index contributed by atoms with van der Waals surface area (Å²) in [5, 5.41) is 9.24. The zero-order valence-corrected chi connectivity index (χ0v) is 18.0. The molecule has 1 N–H and O–H groups in total. The van der Waals surface area contributed by atoms with Crippen molar-refractivity contribution in [3.8, 4) is 0 Å². The molecule has 3 rings (SSSR count). The SMILES string of the molecule is CN1C[C@H](OCCOCCOCCOCCN2C(=O)c3ccccc3C2=O)C[C@H]1CO. The van der Waals surface area contributed by atoms with Crippen LogP contribution in [0.25, 0.3) is 0 Å². The molecule has 2 atom stereocenters. The van der Waals surface area contributed by atoms with Crippen molar-refractivity contribution >= 4 is 11.8 Å². The van der Waals surface area contributed by atoms with Gasteiger partial charge in [-0.1, -0.05) is 12.1 Å². The smallest absolute Gasteiger partial charge is 0.261 e. The summed E-state index contributed by atoms with van der Waals surface area (Å²) < 4.78 is 22.2. The maximum absolute atomic E-state index is 12.2. The lowest BCUT2D eigenvalue weighted by atomic mass is 10.1. The van der Waals surface area contributed by atoms with E-state index in [1.165, 1.54) is 4.90 Å². The van der Waals surface area contributed by atoms with Crippen LogP contribution in [0.15, 0.2) is 24.3 Å². The van der Waals surface area contributed by atoms with Gasteiger partial charge in [-0.2, -0.15) is 0 Å². The maximum atomic E-state index is 12.2. The van der Waals surface area contributed by atoms with E-state index in [0.29, 0.717) is 50.8 Å². The quantitative estimate of drug-likeness (QED) is 0.331. The summed E-state index contributed by atoms with van der Waals surface area (Å²) in [6.07, 6.45) is 1.00. The van der Waals surface area contributed by atoms with Crippen molar-refractivity contribution < 1.29 is 33.6 Å². The number of aliphatic hydroxyl groups excluding tert-OH is 1. The normalized spacial score (nSPS) is 21.3. The lowest BCUT2D eigenvalue weighted by molar-refractivity contribution is -0.0167. The van der Waals surface area contributed by atoms with Crippen LogP contribution >= 0.6 is 0 Å². The van der Waals surface area contributed by atoms with Crippen LogP contribution in [0, 0.1) is 0 Å². The first kappa shape index (κ1) is 23.8. The molecule has 31 heavy (non-hydrogen) atoms. The van der Waals surface area contributed by atoms with Crippen molar-refractivity contribution in [3.05, 3.63) is 35.4 Å². The van der Waals surface area contributed by atoms with E-state index >= 15 is 0 Å². The molecule has 1 aromatic rings. The van der Waals surface area contributed by atoms with Gasteiger partial charge in [0.1, 0.15) is 0 Å². The Bertz CT molecular complexity index is 695. The zero-order chi connectivity index (χ0) is 22.1. The van der Waals surface area contributed by atoms with Crippen LogP contribution in [0.3, 0.4) is 0 Å². The second-order valence-electron chi connectivity index (χ2n) is 7.65. The fourth-order valence-corrected chi connectivity index (χ4v) is 3.78. The Morgan fingerprint density at radius 1 is 0.903 bits per heavy atom. The van der Waals surface area contributed by atoms with E-state index in [1.807, 2.05) is 7.05 Å². The summed E-state index contributed by atoms with van der Waals surface area (Å²) >= 11 is 0. The topological polar surface area (TPSA) is 97.8 Å². The van der Waals surface area contributed by atoms with Gasteiger partial charge >= 0.3 is 0 Å². The number of carbonyl (C=O) groups is 2. The number of hydrogen-bond donors (Lipinski definition) is 1. The molecular weight excluding hydrogens is 404 g/mol. The summed E-state index contributed by atoms with van der Waals surface area (Å²) in [4.78, 5) is 27.8. The second kappa shape index (κ2) is 12.2. The summed E-state index contributed by atoms with van der Waals surface area (Å²) in [6, 6.07) is 7.02. The molecule has 1 saturated heterocycles. The van der Waals surface area contributed by atoms with E-state index in [0.717, 1.165) is 13.0 Å². The van der Waals surface area contributed by atoms with Gasteiger partial charge in [0.15, 0.2) is 0 Å². The highest BCUT2D eigenvalue weighted by Crippen LogP contribution is 2.22. The number of amides is 2. The molecular formula is C22H32N2O7. The summed E-state index contributed by atoms with van der Waals surface area (Å²) in [5.41, 5.74) is 0.900. The van der Waals surface area contributed by atoms with Gasteiger partial charge < -0.3 is 24.1 Å². The molecule has 1 aromatic carbocycles. The molecule has 0 aliphatic carbocycles. The minimum absolute atomic E-state index is 0.152. The first-order chi connectivity index (χ1) is 15.1. The molecule has 2 amide bonds. The number of ether oxygens (including phenoxy) is 4. The number of nitrogens with zero attached hydrogens (tertiary/aromatic N) is 2. The van der Waals surface area contributed by atoms with Crippen LogP contribution in [0.1, 0.15) is 27.1 Å². The van der Waals surface area contributed by atoms with Gasteiger partial charge in [-0.15, -0.1) is 0 Å². The van der Waals surface area contributed by atoms with Gasteiger partial charge in [0.25, 0.3) is 11.8 Å². The number of rotatable bonds is 14. The lowest BCUT2D eigenvalue weighted by Gasteiger charge is -2.14. The standard InChI is InChI=1S/C22H32N2O7/c1-23-15-18(14-17(23)16-25)31-13-12-30-11-10-29-9-8-28-7-6-24-21(26)19-4-2-3-5-20(19)22(24)27/h2-5,17-18,25H,6-16H2,1H3/t17-,18+/m0/s1. The number of likely N-dealkylation sites (N-methyl/N-ethyl adjacent to an activating group) is 1. The van der Waals surface area contributed by atoms with E-state index in [9.17, 15) is 14.7 Å². The monoisotopic (exact) mass is 436 g/mol. The minimum atomic E-state index is -0.269. The predicted octanol–water partition coefficient (Wildman–Crippen LogP) is 0.414. The summed E-state index contributed by atoms with van der Waals surface area (Å²) in [5.74, 6) is -0.538. The van der Waals surface area contributed by atoms with E-state index in [4.69, 9.17) is 18.9 Å². The van der Waals surface area contributed by atoms with Crippen molar-refractivity contribution in [2.45, 2.75) is 18.6 Å². The highest BCUT2D eigenvalue weighted by atomic mass is 16.6. The van der Waals surface area contributed by atoms with Crippen molar-refractivity contribution in [2.24, 2.45) is 0 Å². The van der Waals surface area contributed by atoms with Gasteiger partial charge in [-0.25, -0.2) is 0 Å². The molecule has 0 unspecified atom stereocenters. The van der Waals surface area contributed by atoms with Crippen LogP contribution in [0.5, 0.6) is 0 Å². The Hall–Kier alpha value is -1.88. The van der Waals surface area contributed by atoms with Gasteiger partial charge in [-0.3, -0.25) is 19.4 Å². The fraction of sp³-hybridized carbons (Fsp3) is 0.636. The van der Waals surface area contributed by atoms with Crippen LogP contribution < -0.4 is 0 Å². The third kappa shape index (κ3) is 6.55. The molecule has 2 aliphatic heterocycles. The first-order valence-electron chi connectivity index (χ1n) is 10.7. The second-order valence-corrected chi connectivity index (χ2v) is 7.65. The molecule has 172 valence electrons. The molecule has 0 radical (unpaired) electrons. The van der Waals surface area contributed by atoms with E-state index in [-0.39, 0.29) is 43.7 Å². The van der Waals surface area contributed by atoms with Gasteiger partial charge in [0, 0.05) is 12.6 Å². The molecule has 0 saturated carbocycles. The summed E-state index contributed by atoms with van der Waals surface area (Å²) in [6.45, 7) is 4.26. The third-order valence-electron chi connectivity index (χ3n) is 5.52. The zero-order valence-electron chi connectivity index (χ0n) is 18.0. The average Bonchev–Trinajstić information content (AvgIpc) is 3.26. The van der Waals surface area contributed by atoms with E-state index in [1.54, 1.807) is 24.3 Å². The van der Waals surface area contributed by atoms with Crippen LogP contribution in [0.4, 0.5) is 0 Å². The Balaban J connectivity index is 1.13. The maximum Gasteiger partial charge on any atom is 0.261 e. The fourth-order valence-electron chi connectivity index (χ4n) is 3.78. The van der Waals surface area contributed by atoms with Crippen molar-refractivity contribution in [1.29, 1.82) is 0 Å². The van der Waals surface area contributed by atoms with Gasteiger partial charge in [0.05, 0.1) is 76.6 Å². The van der Waals surface area contributed by atoms with Gasteiger partial charge in [0.2, 0.25) is 0 Å². The van der Waals surface area contributed by atoms with Crippen molar-refractivity contribution in [1.82, 2.24) is 9.80 Å². The molecule has 0 bridgehead atoms. The Labute approximate surface area is 182 Å². The van der Waals surface area contributed by atoms with Crippen LogP contribution in [-0.2, 0) is 18.9 Å². The number of aliphatic hydroxyl groups is 1. The average molecular weight is 437 g/mol. The number of fused-ring (bicyclic) bond motifs is 1. The molecule has 9 nitrogen and oxygen atoms in total. The largest absolute Gasteiger partial charge is 0.395 e. The molecule has 2 aliphatic rings. The molecule has 2 heterocycles. The number of likely N-dealkylation sites (tertiary alicyclic amines) is 1. The molecule has 9 heteroatoms. The van der Waals surface area contributed by atoms with E-state index in [2.05, 4.69) is 4.90 Å². The van der Waals surface area contributed by atoms with Crippen molar-refractivity contribution in [2.75, 3.05) is 73.0 Å². The summed E-state index contributed by atoms with van der Waals surface area (Å²) in [7, 11) is 1.99. The first-order valence-corrected chi connectivity index (χ1v) is 10.7. The predicted molar refractivity (Wildman–Crippen MR) is 112 cm³/mol. The number of hydrogen-bond acceptors (Lipinski definition) is 8. The number of carbonyl (C=O) groups excluding carboxylic acids is 2. The minimum Gasteiger partial charge on any atom is -0.395 e. The van der Waals surface area contributed by atoms with E-state index < -0.39 is 0 Å². The molecule has 0 spiro atoms. The molecule has 1 fully saturated rings.